The van der Waals surface area contributed by atoms with E-state index in [9.17, 15) is 58.8 Å². The standard InChI is InChI=1S/C29H43N7O12/c1-5-14(2)36(35-28(47)21(13-23(42)43)31-16(4)38)29(48)33-20(12-17-6-8-18(39)9-7-17)27(46)32-19(10-11-22(40)41)26(45)34-24(15(3)37)25(30)44/h6-9,14-15,19-21,24,37,39H,5,10-13H2,1-4H3,(H2,30,44)(H,31,38)(H,32,46)(H,33,48)(H,34,45)(H,35,47)(H,40,41)(H,42,43)/t14-,15+,19-,20-,21-,24-/m0/s1. The van der Waals surface area contributed by atoms with Gasteiger partial charge in [-0.25, -0.2) is 9.80 Å². The van der Waals surface area contributed by atoms with E-state index in [0.717, 1.165) is 11.9 Å². The molecule has 11 N–H and O–H groups in total. The molecule has 0 aromatic heterocycles. The summed E-state index contributed by atoms with van der Waals surface area (Å²) in [5.74, 6) is -7.75. The summed E-state index contributed by atoms with van der Waals surface area (Å²) in [4.78, 5) is 99.1. The zero-order valence-electron chi connectivity index (χ0n) is 26.9. The van der Waals surface area contributed by atoms with E-state index in [-0.39, 0.29) is 18.6 Å². The molecule has 0 aliphatic carbocycles. The van der Waals surface area contributed by atoms with Crippen LogP contribution in [0.15, 0.2) is 24.3 Å². The van der Waals surface area contributed by atoms with Gasteiger partial charge in [0.05, 0.1) is 18.6 Å². The molecule has 19 nitrogen and oxygen atoms in total. The van der Waals surface area contributed by atoms with Crippen molar-refractivity contribution in [2.24, 2.45) is 5.73 Å². The Hall–Kier alpha value is -5.46. The fourth-order valence-electron chi connectivity index (χ4n) is 4.16. The smallest absolute Gasteiger partial charge is 0.337 e. The molecule has 48 heavy (non-hydrogen) atoms. The molecular formula is C29H43N7O12. The highest BCUT2D eigenvalue weighted by molar-refractivity contribution is 5.95. The first-order valence-corrected chi connectivity index (χ1v) is 14.8. The maximum Gasteiger partial charge on any atom is 0.337 e. The molecule has 1 rings (SSSR count). The van der Waals surface area contributed by atoms with Gasteiger partial charge in [-0.3, -0.25) is 39.0 Å². The monoisotopic (exact) mass is 681 g/mol. The summed E-state index contributed by atoms with van der Waals surface area (Å²) in [6.07, 6.45) is -3.32. The Bertz CT molecular complexity index is 1320. The number of aliphatic carboxylic acids is 2. The van der Waals surface area contributed by atoms with E-state index in [1.165, 1.54) is 38.1 Å². The van der Waals surface area contributed by atoms with Crippen molar-refractivity contribution < 1.29 is 58.8 Å². The number of nitrogens with two attached hydrogens (primary N) is 1. The highest BCUT2D eigenvalue weighted by atomic mass is 16.4. The van der Waals surface area contributed by atoms with Crippen molar-refractivity contribution in [3.05, 3.63) is 29.8 Å². The van der Waals surface area contributed by atoms with Gasteiger partial charge in [0.1, 0.15) is 29.9 Å². The largest absolute Gasteiger partial charge is 0.508 e. The number of benzene rings is 1. The van der Waals surface area contributed by atoms with E-state index in [2.05, 4.69) is 26.7 Å². The minimum Gasteiger partial charge on any atom is -0.508 e. The van der Waals surface area contributed by atoms with Crippen molar-refractivity contribution in [3.63, 3.8) is 0 Å². The highest BCUT2D eigenvalue weighted by Gasteiger charge is 2.33. The summed E-state index contributed by atoms with van der Waals surface area (Å²) in [6, 6.07) is -2.54. The Morgan fingerprint density at radius 1 is 0.812 bits per heavy atom. The lowest BCUT2D eigenvalue weighted by Gasteiger charge is -2.32. The fourth-order valence-corrected chi connectivity index (χ4v) is 4.16. The van der Waals surface area contributed by atoms with Crippen LogP contribution >= 0.6 is 0 Å². The Kier molecular flexibility index (Phi) is 16.3. The van der Waals surface area contributed by atoms with Crippen LogP contribution in [0.25, 0.3) is 0 Å². The zero-order valence-corrected chi connectivity index (χ0v) is 26.9. The summed E-state index contributed by atoms with van der Waals surface area (Å²) in [7, 11) is 0. The number of nitrogens with zero attached hydrogens (tertiary/aromatic N) is 1. The minimum absolute atomic E-state index is 0.1000. The zero-order chi connectivity index (χ0) is 36.7. The van der Waals surface area contributed by atoms with Crippen LogP contribution in [0.1, 0.15) is 58.9 Å². The van der Waals surface area contributed by atoms with E-state index >= 15 is 0 Å². The molecule has 19 heteroatoms. The number of phenols is 1. The lowest BCUT2D eigenvalue weighted by molar-refractivity contribution is -0.141. The summed E-state index contributed by atoms with van der Waals surface area (Å²) < 4.78 is 0. The molecule has 0 fully saturated rings. The Labute approximate surface area is 275 Å². The summed E-state index contributed by atoms with van der Waals surface area (Å²) >= 11 is 0. The van der Waals surface area contributed by atoms with Gasteiger partial charge >= 0.3 is 18.0 Å². The second-order valence-corrected chi connectivity index (χ2v) is 10.9. The third-order valence-electron chi connectivity index (χ3n) is 6.91. The van der Waals surface area contributed by atoms with Gasteiger partial charge in [-0.05, 0) is 44.4 Å². The van der Waals surface area contributed by atoms with Gasteiger partial charge < -0.3 is 47.4 Å². The molecule has 6 atom stereocenters. The molecule has 0 aliphatic heterocycles. The molecule has 1 aromatic rings. The number of rotatable bonds is 18. The number of amides is 7. The maximum atomic E-state index is 13.6. The van der Waals surface area contributed by atoms with Crippen molar-refractivity contribution in [1.29, 1.82) is 0 Å². The third kappa shape index (κ3) is 13.9. The molecular weight excluding hydrogens is 638 g/mol. The number of carbonyl (C=O) groups is 8. The molecule has 0 radical (unpaired) electrons. The number of aromatic hydroxyl groups is 1. The first-order chi connectivity index (χ1) is 22.4. The van der Waals surface area contributed by atoms with Crippen LogP contribution in [-0.4, -0.2) is 109 Å². The number of phenolic OH excluding ortho intramolecular Hbond substituents is 1. The Morgan fingerprint density at radius 2 is 1.40 bits per heavy atom. The van der Waals surface area contributed by atoms with Gasteiger partial charge in [0, 0.05) is 19.8 Å². The number of carbonyl (C=O) groups excluding carboxylic acids is 6. The number of aliphatic hydroxyl groups is 1. The van der Waals surface area contributed by atoms with E-state index in [4.69, 9.17) is 5.73 Å². The van der Waals surface area contributed by atoms with Gasteiger partial charge in [-0.15, -0.1) is 0 Å². The minimum atomic E-state index is -1.59. The molecule has 1 aromatic carbocycles. The van der Waals surface area contributed by atoms with Crippen LogP contribution in [-0.2, 0) is 40.0 Å². The van der Waals surface area contributed by atoms with Crippen LogP contribution in [0.2, 0.25) is 0 Å². The van der Waals surface area contributed by atoms with Crippen molar-refractivity contribution >= 4 is 47.5 Å². The topological polar surface area (TPSA) is 307 Å². The van der Waals surface area contributed by atoms with Crippen LogP contribution < -0.4 is 32.4 Å². The molecule has 0 unspecified atom stereocenters. The second kappa shape index (κ2) is 19.3. The number of carboxylic acids is 2. The first kappa shape index (κ1) is 40.6. The molecule has 0 spiro atoms. The summed E-state index contributed by atoms with van der Waals surface area (Å²) in [6.45, 7) is 5.43. The van der Waals surface area contributed by atoms with Gasteiger partial charge in [0.2, 0.25) is 23.6 Å². The van der Waals surface area contributed by atoms with Crippen molar-refractivity contribution in [2.45, 2.75) is 96.1 Å². The average Bonchev–Trinajstić information content (AvgIpc) is 2.99. The van der Waals surface area contributed by atoms with Crippen LogP contribution in [0.5, 0.6) is 5.75 Å². The first-order valence-electron chi connectivity index (χ1n) is 14.8. The van der Waals surface area contributed by atoms with Crippen molar-refractivity contribution in [1.82, 2.24) is 31.7 Å². The van der Waals surface area contributed by atoms with E-state index < -0.39 is 103 Å². The second-order valence-electron chi connectivity index (χ2n) is 10.9. The van der Waals surface area contributed by atoms with Crippen LogP contribution in [0, 0.1) is 0 Å². The van der Waals surface area contributed by atoms with E-state index in [0.29, 0.717) is 5.56 Å². The number of aliphatic hydroxyl groups excluding tert-OH is 1. The number of carboxylic acid groups (broad SMARTS) is 2. The van der Waals surface area contributed by atoms with Gasteiger partial charge in [-0.1, -0.05) is 19.1 Å². The molecule has 266 valence electrons. The lowest BCUT2D eigenvalue weighted by Crippen LogP contribution is -2.62. The lowest BCUT2D eigenvalue weighted by atomic mass is 10.0. The summed E-state index contributed by atoms with van der Waals surface area (Å²) in [5, 5.41) is 47.8. The highest BCUT2D eigenvalue weighted by Crippen LogP contribution is 2.13. The molecule has 0 heterocycles. The Morgan fingerprint density at radius 3 is 1.88 bits per heavy atom. The third-order valence-corrected chi connectivity index (χ3v) is 6.91. The number of hydrazine groups is 1. The molecule has 0 saturated heterocycles. The number of nitrogens with one attached hydrogen (secondary N) is 5. The molecule has 0 saturated carbocycles. The van der Waals surface area contributed by atoms with E-state index in [1.54, 1.807) is 6.92 Å². The van der Waals surface area contributed by atoms with Crippen LogP contribution in [0.4, 0.5) is 4.79 Å². The quantitative estimate of drug-likeness (QED) is 0.0740. The van der Waals surface area contributed by atoms with Gasteiger partial charge in [0.25, 0.3) is 5.91 Å². The van der Waals surface area contributed by atoms with Crippen molar-refractivity contribution in [2.75, 3.05) is 0 Å². The normalized spacial score (nSPS) is 14.4. The number of urea groups is 1. The average molecular weight is 682 g/mol. The van der Waals surface area contributed by atoms with Gasteiger partial charge in [-0.2, -0.15) is 0 Å². The number of hydrogen-bond donors (Lipinski definition) is 10. The fraction of sp³-hybridized carbons (Fsp3) is 0.517. The molecule has 0 aliphatic rings. The van der Waals surface area contributed by atoms with Crippen molar-refractivity contribution in [3.8, 4) is 5.75 Å². The summed E-state index contributed by atoms with van der Waals surface area (Å²) in [5.41, 5.74) is 7.91. The number of primary amides is 1. The van der Waals surface area contributed by atoms with Gasteiger partial charge in [0.15, 0.2) is 0 Å². The van der Waals surface area contributed by atoms with Crippen LogP contribution in [0.3, 0.4) is 0 Å². The predicted octanol–water partition coefficient (Wildman–Crippen LogP) is -2.18. The molecule has 0 bridgehead atoms. The predicted molar refractivity (Wildman–Crippen MR) is 165 cm³/mol. The SMILES string of the molecule is CC[C@H](C)N(NC(=O)[C@H](CC(=O)O)NC(C)=O)C(=O)N[C@@H](Cc1ccc(O)cc1)C(=O)N[C@@H](CCC(=O)O)C(=O)N[C@H](C(N)=O)[C@@H](C)O. The Balaban J connectivity index is 3.43. The molecule has 7 amide bonds. The number of hydrogen-bond acceptors (Lipinski definition) is 10. The van der Waals surface area contributed by atoms with E-state index in [1.807, 2.05) is 0 Å². The maximum absolute atomic E-state index is 13.6.